The van der Waals surface area contributed by atoms with Crippen LogP contribution in [0.15, 0.2) is 18.2 Å². The summed E-state index contributed by atoms with van der Waals surface area (Å²) in [5, 5.41) is 22.4. The number of benzene rings is 1. The van der Waals surface area contributed by atoms with E-state index in [1.165, 1.54) is 0 Å². The highest BCUT2D eigenvalue weighted by Crippen LogP contribution is 2.25. The van der Waals surface area contributed by atoms with E-state index < -0.39 is 5.54 Å². The van der Waals surface area contributed by atoms with Crippen LogP contribution in [0.1, 0.15) is 37.4 Å². The number of hydrogen-bond donors (Lipinski definition) is 3. The molecule has 0 radical (unpaired) electrons. The van der Waals surface area contributed by atoms with E-state index in [0.29, 0.717) is 13.0 Å². The molecule has 0 spiro atoms. The van der Waals surface area contributed by atoms with E-state index in [1.807, 2.05) is 32.0 Å². The van der Waals surface area contributed by atoms with Gasteiger partial charge >= 0.3 is 0 Å². The Morgan fingerprint density at radius 1 is 1.24 bits per heavy atom. The van der Waals surface area contributed by atoms with Crippen LogP contribution in [0.4, 0.5) is 0 Å². The van der Waals surface area contributed by atoms with Gasteiger partial charge in [-0.05, 0) is 31.0 Å². The van der Waals surface area contributed by atoms with Crippen LogP contribution >= 0.6 is 0 Å². The molecular weight excluding hydrogens is 270 g/mol. The molecule has 0 aliphatic rings. The summed E-state index contributed by atoms with van der Waals surface area (Å²) in [6.07, 6.45) is 0.644. The summed E-state index contributed by atoms with van der Waals surface area (Å²) in [4.78, 5) is 0. The van der Waals surface area contributed by atoms with Crippen LogP contribution in [0.5, 0.6) is 5.75 Å². The van der Waals surface area contributed by atoms with E-state index in [4.69, 9.17) is 9.47 Å². The highest BCUT2D eigenvalue weighted by atomic mass is 16.5. The summed E-state index contributed by atoms with van der Waals surface area (Å²) in [5.74, 6) is 0.791. The Labute approximate surface area is 126 Å². The van der Waals surface area contributed by atoms with E-state index >= 15 is 0 Å². The van der Waals surface area contributed by atoms with Gasteiger partial charge in [0, 0.05) is 18.7 Å². The molecule has 1 rings (SSSR count). The van der Waals surface area contributed by atoms with Crippen molar-refractivity contribution in [1.82, 2.24) is 5.32 Å². The van der Waals surface area contributed by atoms with E-state index in [2.05, 4.69) is 5.32 Å². The number of aliphatic hydroxyl groups excluding tert-OH is 2. The van der Waals surface area contributed by atoms with Crippen molar-refractivity contribution in [2.75, 3.05) is 27.4 Å². The molecule has 120 valence electrons. The van der Waals surface area contributed by atoms with Gasteiger partial charge in [0.25, 0.3) is 0 Å². The average Bonchev–Trinajstić information content (AvgIpc) is 2.53. The van der Waals surface area contributed by atoms with E-state index in [9.17, 15) is 10.2 Å². The molecule has 5 nitrogen and oxygen atoms in total. The Hall–Kier alpha value is -1.14. The topological polar surface area (TPSA) is 71.0 Å². The van der Waals surface area contributed by atoms with Crippen molar-refractivity contribution in [1.29, 1.82) is 0 Å². The van der Waals surface area contributed by atoms with E-state index in [0.717, 1.165) is 16.9 Å². The van der Waals surface area contributed by atoms with Crippen LogP contribution in [0, 0.1) is 0 Å². The predicted molar refractivity (Wildman–Crippen MR) is 82.5 cm³/mol. The molecule has 0 fully saturated rings. The number of rotatable bonds is 9. The Morgan fingerprint density at radius 3 is 2.38 bits per heavy atom. The zero-order valence-corrected chi connectivity index (χ0v) is 13.3. The molecule has 1 aromatic rings. The molecule has 0 aliphatic heterocycles. The molecule has 0 saturated carbocycles. The first kappa shape index (κ1) is 17.9. The lowest BCUT2D eigenvalue weighted by molar-refractivity contribution is 0.0792. The molecule has 0 amide bonds. The number of methoxy groups -OCH3 is 2. The Morgan fingerprint density at radius 2 is 1.90 bits per heavy atom. The van der Waals surface area contributed by atoms with Crippen LogP contribution in [0.2, 0.25) is 0 Å². The zero-order valence-electron chi connectivity index (χ0n) is 13.3. The summed E-state index contributed by atoms with van der Waals surface area (Å²) >= 11 is 0. The summed E-state index contributed by atoms with van der Waals surface area (Å²) in [5.41, 5.74) is 1.37. The lowest BCUT2D eigenvalue weighted by atomic mass is 9.95. The molecule has 0 heterocycles. The van der Waals surface area contributed by atoms with Crippen LogP contribution in [0.3, 0.4) is 0 Å². The third kappa shape index (κ3) is 4.41. The second-order valence-electron chi connectivity index (χ2n) is 5.32. The van der Waals surface area contributed by atoms with Crippen molar-refractivity contribution in [3.05, 3.63) is 29.3 Å². The van der Waals surface area contributed by atoms with Crippen LogP contribution < -0.4 is 10.1 Å². The highest BCUT2D eigenvalue weighted by Gasteiger charge is 2.28. The monoisotopic (exact) mass is 297 g/mol. The third-order valence-corrected chi connectivity index (χ3v) is 3.91. The second-order valence-corrected chi connectivity index (χ2v) is 5.32. The first-order chi connectivity index (χ1) is 10.1. The number of nitrogens with one attached hydrogen (secondary N) is 1. The van der Waals surface area contributed by atoms with Gasteiger partial charge in [-0.15, -0.1) is 0 Å². The van der Waals surface area contributed by atoms with Gasteiger partial charge in [0.15, 0.2) is 0 Å². The van der Waals surface area contributed by atoms with Crippen molar-refractivity contribution in [2.24, 2.45) is 0 Å². The summed E-state index contributed by atoms with van der Waals surface area (Å²) in [6.45, 7) is 4.21. The standard InChI is InChI=1S/C16H27NO4/c1-5-16(10-18,11-19)17-12(2)13-6-7-15(21-4)14(8-13)9-20-3/h6-8,12,17-19H,5,9-11H2,1-4H3. The minimum absolute atomic E-state index is 0.00855. The first-order valence-electron chi connectivity index (χ1n) is 7.21. The Kier molecular flexibility index (Phi) is 7.11. The SMILES string of the molecule is CCC(CO)(CO)NC(C)c1ccc(OC)c(COC)c1. The Balaban J connectivity index is 2.96. The van der Waals surface area contributed by atoms with Crippen molar-refractivity contribution in [2.45, 2.75) is 38.5 Å². The van der Waals surface area contributed by atoms with Gasteiger partial charge in [-0.1, -0.05) is 13.0 Å². The fraction of sp³-hybridized carbons (Fsp3) is 0.625. The normalized spacial score (nSPS) is 13.2. The van der Waals surface area contributed by atoms with Gasteiger partial charge in [0.1, 0.15) is 5.75 Å². The molecule has 0 bridgehead atoms. The largest absolute Gasteiger partial charge is 0.496 e. The van der Waals surface area contributed by atoms with E-state index in [1.54, 1.807) is 14.2 Å². The molecule has 0 aromatic heterocycles. The first-order valence-corrected chi connectivity index (χ1v) is 7.21. The summed E-state index contributed by atoms with van der Waals surface area (Å²) in [7, 11) is 3.28. The zero-order chi connectivity index (χ0) is 15.9. The van der Waals surface area contributed by atoms with Crippen LogP contribution in [-0.4, -0.2) is 43.2 Å². The van der Waals surface area contributed by atoms with Gasteiger partial charge in [-0.3, -0.25) is 0 Å². The minimum Gasteiger partial charge on any atom is -0.496 e. The highest BCUT2D eigenvalue weighted by molar-refractivity contribution is 5.38. The molecule has 1 aromatic carbocycles. The molecule has 1 unspecified atom stereocenters. The fourth-order valence-electron chi connectivity index (χ4n) is 2.35. The minimum atomic E-state index is -0.666. The predicted octanol–water partition coefficient (Wildman–Crippen LogP) is 1.63. The maximum atomic E-state index is 9.53. The molecule has 0 saturated heterocycles. The van der Waals surface area contributed by atoms with Crippen molar-refractivity contribution in [3.8, 4) is 5.75 Å². The lowest BCUT2D eigenvalue weighted by Crippen LogP contribution is -2.52. The van der Waals surface area contributed by atoms with Gasteiger partial charge in [0.2, 0.25) is 0 Å². The maximum Gasteiger partial charge on any atom is 0.124 e. The van der Waals surface area contributed by atoms with Crippen molar-refractivity contribution in [3.63, 3.8) is 0 Å². The van der Waals surface area contributed by atoms with Crippen LogP contribution in [-0.2, 0) is 11.3 Å². The average molecular weight is 297 g/mol. The van der Waals surface area contributed by atoms with Gasteiger partial charge < -0.3 is 25.0 Å². The Bertz CT molecular complexity index is 424. The smallest absolute Gasteiger partial charge is 0.124 e. The van der Waals surface area contributed by atoms with Crippen molar-refractivity contribution < 1.29 is 19.7 Å². The quantitative estimate of drug-likeness (QED) is 0.646. The van der Waals surface area contributed by atoms with Gasteiger partial charge in [-0.2, -0.15) is 0 Å². The molecule has 0 aliphatic carbocycles. The summed E-state index contributed by atoms with van der Waals surface area (Å²) in [6, 6.07) is 5.90. The van der Waals surface area contributed by atoms with Crippen molar-refractivity contribution >= 4 is 0 Å². The third-order valence-electron chi connectivity index (χ3n) is 3.91. The molecule has 5 heteroatoms. The molecule has 1 atom stereocenters. The molecule has 21 heavy (non-hydrogen) atoms. The molecular formula is C16H27NO4. The second kappa shape index (κ2) is 8.34. The molecule has 3 N–H and O–H groups in total. The maximum absolute atomic E-state index is 9.53. The number of hydrogen-bond acceptors (Lipinski definition) is 5. The van der Waals surface area contributed by atoms with Crippen LogP contribution in [0.25, 0.3) is 0 Å². The number of ether oxygens (including phenoxy) is 2. The van der Waals surface area contributed by atoms with E-state index in [-0.39, 0.29) is 19.3 Å². The lowest BCUT2D eigenvalue weighted by Gasteiger charge is -2.33. The fourth-order valence-corrected chi connectivity index (χ4v) is 2.35. The van der Waals surface area contributed by atoms with Gasteiger partial charge in [0.05, 0.1) is 32.5 Å². The summed E-state index contributed by atoms with van der Waals surface area (Å²) < 4.78 is 10.5. The van der Waals surface area contributed by atoms with Gasteiger partial charge in [-0.25, -0.2) is 0 Å². The number of aliphatic hydroxyl groups is 2.